The van der Waals surface area contributed by atoms with Crippen LogP contribution in [0.4, 0.5) is 18.9 Å². The second-order valence-corrected chi connectivity index (χ2v) is 6.48. The molecule has 2 rings (SSSR count). The lowest BCUT2D eigenvalue weighted by atomic mass is 10.1. The number of ether oxygens (including phenoxy) is 1. The number of amides is 1. The number of aryl methyl sites for hydroxylation is 2. The van der Waals surface area contributed by atoms with E-state index in [1.54, 1.807) is 11.9 Å². The first-order valence-corrected chi connectivity index (χ1v) is 8.60. The Labute approximate surface area is 156 Å². The van der Waals surface area contributed by atoms with Crippen molar-refractivity contribution < 1.29 is 22.7 Å². The van der Waals surface area contributed by atoms with Crippen molar-refractivity contribution in [1.29, 1.82) is 0 Å². The normalized spacial score (nSPS) is 10.9. The number of anilines is 1. The summed E-state index contributed by atoms with van der Waals surface area (Å²) in [5, 5.41) is 2.25. The van der Waals surface area contributed by atoms with E-state index in [1.807, 2.05) is 32.0 Å². The Bertz CT molecular complexity index is 812. The molecule has 0 fully saturated rings. The molecule has 2 aromatic carbocycles. The molecule has 0 heterocycles. The second kappa shape index (κ2) is 9.41. The summed E-state index contributed by atoms with van der Waals surface area (Å²) in [6.45, 7) is 5.03. The van der Waals surface area contributed by atoms with Crippen LogP contribution in [0.1, 0.15) is 17.5 Å². The highest BCUT2D eigenvalue weighted by molar-refractivity contribution is 5.92. The van der Waals surface area contributed by atoms with E-state index < -0.39 is 23.4 Å². The van der Waals surface area contributed by atoms with Crippen LogP contribution < -0.4 is 10.1 Å². The third-order valence-corrected chi connectivity index (χ3v) is 4.01. The summed E-state index contributed by atoms with van der Waals surface area (Å²) < 4.78 is 45.4. The topological polar surface area (TPSA) is 41.6 Å². The molecule has 0 saturated heterocycles. The number of likely N-dealkylation sites (N-methyl/N-ethyl adjacent to an activating group) is 1. The average molecular weight is 380 g/mol. The molecule has 0 spiro atoms. The van der Waals surface area contributed by atoms with Crippen LogP contribution in [0.3, 0.4) is 0 Å². The lowest BCUT2D eigenvalue weighted by Gasteiger charge is -2.17. The van der Waals surface area contributed by atoms with Gasteiger partial charge in [-0.2, -0.15) is 0 Å². The Balaban J connectivity index is 1.75. The van der Waals surface area contributed by atoms with Gasteiger partial charge in [-0.1, -0.05) is 12.1 Å². The van der Waals surface area contributed by atoms with Crippen LogP contribution in [-0.4, -0.2) is 37.6 Å². The van der Waals surface area contributed by atoms with Crippen molar-refractivity contribution in [3.05, 3.63) is 58.9 Å². The van der Waals surface area contributed by atoms with Gasteiger partial charge in [0.2, 0.25) is 5.91 Å². The van der Waals surface area contributed by atoms with Crippen molar-refractivity contribution in [2.45, 2.75) is 20.3 Å². The third kappa shape index (κ3) is 5.99. The number of nitrogens with zero attached hydrogens (tertiary/aromatic N) is 1. The summed E-state index contributed by atoms with van der Waals surface area (Å²) in [7, 11) is 1.74. The number of benzene rings is 2. The molecule has 0 aliphatic heterocycles. The fraction of sp³-hybridized carbons (Fsp3) is 0.350. The largest absolute Gasteiger partial charge is 0.493 e. The van der Waals surface area contributed by atoms with E-state index in [2.05, 4.69) is 5.32 Å². The second-order valence-electron chi connectivity index (χ2n) is 6.48. The number of carbonyl (C=O) groups is 1. The zero-order valence-electron chi connectivity index (χ0n) is 15.6. The molecular formula is C20H23F3N2O2. The summed E-state index contributed by atoms with van der Waals surface area (Å²) in [5.74, 6) is -3.99. The monoisotopic (exact) mass is 380 g/mol. The van der Waals surface area contributed by atoms with E-state index >= 15 is 0 Å². The van der Waals surface area contributed by atoms with E-state index in [0.717, 1.165) is 29.0 Å². The minimum absolute atomic E-state index is 0.0120. The van der Waals surface area contributed by atoms with Gasteiger partial charge < -0.3 is 10.1 Å². The van der Waals surface area contributed by atoms with Gasteiger partial charge in [-0.3, -0.25) is 9.69 Å². The van der Waals surface area contributed by atoms with Gasteiger partial charge in [0.25, 0.3) is 0 Å². The molecule has 0 bridgehead atoms. The molecule has 1 amide bonds. The van der Waals surface area contributed by atoms with Gasteiger partial charge in [-0.25, -0.2) is 13.2 Å². The molecule has 0 atom stereocenters. The number of hydrogen-bond acceptors (Lipinski definition) is 3. The van der Waals surface area contributed by atoms with Crippen LogP contribution in [0.25, 0.3) is 0 Å². The van der Waals surface area contributed by atoms with E-state index in [1.165, 1.54) is 0 Å². The lowest BCUT2D eigenvalue weighted by molar-refractivity contribution is -0.117. The predicted molar refractivity (Wildman–Crippen MR) is 98.5 cm³/mol. The quantitative estimate of drug-likeness (QED) is 0.555. The number of carbonyl (C=O) groups excluding carboxylic acids is 1. The van der Waals surface area contributed by atoms with E-state index in [0.29, 0.717) is 19.6 Å². The summed E-state index contributed by atoms with van der Waals surface area (Å²) in [6, 6.07) is 7.75. The highest BCUT2D eigenvalue weighted by Crippen LogP contribution is 2.20. The molecule has 0 aliphatic rings. The zero-order valence-corrected chi connectivity index (χ0v) is 15.6. The van der Waals surface area contributed by atoms with Gasteiger partial charge in [0, 0.05) is 6.54 Å². The SMILES string of the molecule is Cc1ccc(C)c(OCCCN(C)CC(=O)Nc2ccc(F)c(F)c2F)c1. The minimum Gasteiger partial charge on any atom is -0.493 e. The van der Waals surface area contributed by atoms with Crippen molar-refractivity contribution >= 4 is 11.6 Å². The van der Waals surface area contributed by atoms with Crippen molar-refractivity contribution in [1.82, 2.24) is 4.90 Å². The fourth-order valence-electron chi connectivity index (χ4n) is 2.52. The van der Waals surface area contributed by atoms with E-state index in [-0.39, 0.29) is 12.2 Å². The summed E-state index contributed by atoms with van der Waals surface area (Å²) in [6.07, 6.45) is 0.691. The molecule has 27 heavy (non-hydrogen) atoms. The maximum atomic E-state index is 13.6. The molecule has 146 valence electrons. The first-order valence-electron chi connectivity index (χ1n) is 8.60. The Hall–Kier alpha value is -2.54. The van der Waals surface area contributed by atoms with Crippen LogP contribution in [0, 0.1) is 31.3 Å². The first-order chi connectivity index (χ1) is 12.8. The Morgan fingerprint density at radius 2 is 1.85 bits per heavy atom. The van der Waals surface area contributed by atoms with Crippen LogP contribution in [0.2, 0.25) is 0 Å². The number of halogens is 3. The molecule has 1 N–H and O–H groups in total. The summed E-state index contributed by atoms with van der Waals surface area (Å²) in [5.41, 5.74) is 1.79. The van der Waals surface area contributed by atoms with Gasteiger partial charge in [0.05, 0.1) is 18.8 Å². The van der Waals surface area contributed by atoms with Gasteiger partial charge in [-0.05, 0) is 56.6 Å². The van der Waals surface area contributed by atoms with Gasteiger partial charge in [0.15, 0.2) is 17.5 Å². The van der Waals surface area contributed by atoms with Gasteiger partial charge >= 0.3 is 0 Å². The summed E-state index contributed by atoms with van der Waals surface area (Å²) >= 11 is 0. The van der Waals surface area contributed by atoms with Gasteiger partial charge in [0.1, 0.15) is 5.75 Å². The van der Waals surface area contributed by atoms with Crippen molar-refractivity contribution in [2.24, 2.45) is 0 Å². The molecular weight excluding hydrogens is 357 g/mol. The molecule has 0 saturated carbocycles. The highest BCUT2D eigenvalue weighted by atomic mass is 19.2. The molecule has 0 unspecified atom stereocenters. The number of hydrogen-bond donors (Lipinski definition) is 1. The fourth-order valence-corrected chi connectivity index (χ4v) is 2.52. The van der Waals surface area contributed by atoms with E-state index in [4.69, 9.17) is 4.74 Å². The van der Waals surface area contributed by atoms with Crippen molar-refractivity contribution in [2.75, 3.05) is 32.1 Å². The van der Waals surface area contributed by atoms with Crippen LogP contribution in [0.15, 0.2) is 30.3 Å². The first kappa shape index (κ1) is 20.8. The standard InChI is InChI=1S/C20H23F3N2O2/c1-13-5-6-14(2)17(11-13)27-10-4-9-25(3)12-18(26)24-16-8-7-15(21)19(22)20(16)23/h5-8,11H,4,9-10,12H2,1-3H3,(H,24,26). The predicted octanol–water partition coefficient (Wildman–Crippen LogP) is 4.06. The molecule has 0 aromatic heterocycles. The van der Waals surface area contributed by atoms with Crippen LogP contribution >= 0.6 is 0 Å². The number of rotatable bonds is 8. The Kier molecular flexibility index (Phi) is 7.24. The molecule has 0 radical (unpaired) electrons. The molecule has 7 heteroatoms. The third-order valence-electron chi connectivity index (χ3n) is 4.01. The molecule has 0 aliphatic carbocycles. The highest BCUT2D eigenvalue weighted by Gasteiger charge is 2.16. The maximum absolute atomic E-state index is 13.6. The van der Waals surface area contributed by atoms with Crippen molar-refractivity contribution in [3.63, 3.8) is 0 Å². The zero-order chi connectivity index (χ0) is 20.0. The minimum atomic E-state index is -1.61. The smallest absolute Gasteiger partial charge is 0.238 e. The number of nitrogens with one attached hydrogen (secondary N) is 1. The summed E-state index contributed by atoms with van der Waals surface area (Å²) in [4.78, 5) is 13.7. The van der Waals surface area contributed by atoms with E-state index in [9.17, 15) is 18.0 Å². The molecule has 2 aromatic rings. The Morgan fingerprint density at radius 3 is 2.59 bits per heavy atom. The van der Waals surface area contributed by atoms with Gasteiger partial charge in [-0.15, -0.1) is 0 Å². The maximum Gasteiger partial charge on any atom is 0.238 e. The Morgan fingerprint density at radius 1 is 1.11 bits per heavy atom. The van der Waals surface area contributed by atoms with Crippen molar-refractivity contribution in [3.8, 4) is 5.75 Å². The van der Waals surface area contributed by atoms with Crippen LogP contribution in [0.5, 0.6) is 5.75 Å². The average Bonchev–Trinajstić information content (AvgIpc) is 2.62. The van der Waals surface area contributed by atoms with Crippen LogP contribution in [-0.2, 0) is 4.79 Å². The lowest BCUT2D eigenvalue weighted by Crippen LogP contribution is -2.31. The molecule has 4 nitrogen and oxygen atoms in total.